The van der Waals surface area contributed by atoms with Crippen molar-refractivity contribution in [3.8, 4) is 23.0 Å². The average Bonchev–Trinajstić information content (AvgIpc) is 3.60. The van der Waals surface area contributed by atoms with Gasteiger partial charge in [0.15, 0.2) is 23.0 Å². The Morgan fingerprint density at radius 1 is 0.912 bits per heavy atom. The van der Waals surface area contributed by atoms with E-state index in [2.05, 4.69) is 0 Å². The zero-order chi connectivity index (χ0) is 23.2. The molecule has 0 radical (unpaired) electrons. The van der Waals surface area contributed by atoms with E-state index in [9.17, 15) is 14.7 Å². The highest BCUT2D eigenvalue weighted by molar-refractivity contribution is 6.46. The summed E-state index contributed by atoms with van der Waals surface area (Å²) in [6, 6.07) is 12.6. The predicted molar refractivity (Wildman–Crippen MR) is 117 cm³/mol. The van der Waals surface area contributed by atoms with Gasteiger partial charge in [-0.1, -0.05) is 6.07 Å². The van der Waals surface area contributed by atoms with Gasteiger partial charge < -0.3 is 33.4 Å². The number of furan rings is 1. The van der Waals surface area contributed by atoms with Gasteiger partial charge in [0.2, 0.25) is 6.79 Å². The molecule has 1 unspecified atom stereocenters. The Bertz CT molecular complexity index is 1330. The van der Waals surface area contributed by atoms with E-state index in [1.807, 2.05) is 0 Å². The molecule has 0 bridgehead atoms. The molecule has 1 N–H and O–H groups in total. The third-order valence-electron chi connectivity index (χ3n) is 5.96. The van der Waals surface area contributed by atoms with Crippen LogP contribution in [0.2, 0.25) is 0 Å². The molecule has 3 aromatic rings. The molecule has 0 spiro atoms. The second-order valence-corrected chi connectivity index (χ2v) is 7.99. The van der Waals surface area contributed by atoms with Gasteiger partial charge in [-0.2, -0.15) is 0 Å². The van der Waals surface area contributed by atoms with Gasteiger partial charge in [0.05, 0.1) is 11.8 Å². The van der Waals surface area contributed by atoms with Crippen molar-refractivity contribution in [3.63, 3.8) is 0 Å². The molecular formula is C25H19NO8. The van der Waals surface area contributed by atoms with Crippen molar-refractivity contribution in [2.75, 3.05) is 20.0 Å². The smallest absolute Gasteiger partial charge is 0.296 e. The van der Waals surface area contributed by atoms with Crippen molar-refractivity contribution < 1.29 is 38.1 Å². The van der Waals surface area contributed by atoms with Crippen molar-refractivity contribution in [2.45, 2.75) is 12.6 Å². The van der Waals surface area contributed by atoms with Crippen LogP contribution in [0, 0.1) is 0 Å². The number of aliphatic hydroxyl groups excluding tert-OH is 1. The van der Waals surface area contributed by atoms with E-state index in [-0.39, 0.29) is 24.7 Å². The van der Waals surface area contributed by atoms with Crippen molar-refractivity contribution in [1.29, 1.82) is 0 Å². The number of aliphatic hydroxyl groups is 1. The van der Waals surface area contributed by atoms with Gasteiger partial charge in [-0.05, 0) is 48.0 Å². The Labute approximate surface area is 193 Å². The highest BCUT2D eigenvalue weighted by Gasteiger charge is 2.47. The number of amides is 1. The number of nitrogens with zero attached hydrogens (tertiary/aromatic N) is 1. The highest BCUT2D eigenvalue weighted by Crippen LogP contribution is 2.42. The Morgan fingerprint density at radius 2 is 1.65 bits per heavy atom. The summed E-state index contributed by atoms with van der Waals surface area (Å²) in [5, 5.41) is 11.2. The van der Waals surface area contributed by atoms with Crippen LogP contribution in [0.4, 0.5) is 0 Å². The molecule has 9 nitrogen and oxygen atoms in total. The molecule has 172 valence electrons. The molecular weight excluding hydrogens is 442 g/mol. The number of rotatable bonds is 4. The monoisotopic (exact) mass is 461 g/mol. The molecule has 34 heavy (non-hydrogen) atoms. The summed E-state index contributed by atoms with van der Waals surface area (Å²) in [5.74, 6) is 0.705. The number of benzene rings is 2. The minimum atomic E-state index is -0.909. The molecule has 0 aliphatic carbocycles. The summed E-state index contributed by atoms with van der Waals surface area (Å²) < 4.78 is 27.5. The largest absolute Gasteiger partial charge is 0.507 e. The lowest BCUT2D eigenvalue weighted by molar-refractivity contribution is -0.140. The SMILES string of the molecule is O=C1C(=O)N(Cc2ccc3c(c2)OCO3)C(c2ccco2)/C1=C(/O)c1ccc2c(c1)OCCO2. The van der Waals surface area contributed by atoms with Gasteiger partial charge in [0.1, 0.15) is 30.8 Å². The van der Waals surface area contributed by atoms with Crippen LogP contribution in [0.15, 0.2) is 64.8 Å². The lowest BCUT2D eigenvalue weighted by Gasteiger charge is -2.23. The normalized spacial score (nSPS) is 20.1. The second kappa shape index (κ2) is 7.87. The van der Waals surface area contributed by atoms with E-state index in [4.69, 9.17) is 23.4 Å². The lowest BCUT2D eigenvalue weighted by atomic mass is 9.99. The molecule has 3 aliphatic heterocycles. The number of ketones is 1. The van der Waals surface area contributed by atoms with Crippen LogP contribution < -0.4 is 18.9 Å². The van der Waals surface area contributed by atoms with Crippen LogP contribution >= 0.6 is 0 Å². The predicted octanol–water partition coefficient (Wildman–Crippen LogP) is 3.40. The fraction of sp³-hybridized carbons (Fsp3) is 0.200. The van der Waals surface area contributed by atoms with Crippen LogP contribution in [0.25, 0.3) is 5.76 Å². The highest BCUT2D eigenvalue weighted by atomic mass is 16.7. The van der Waals surface area contributed by atoms with Crippen molar-refractivity contribution >= 4 is 17.4 Å². The molecule has 2 aromatic carbocycles. The number of likely N-dealkylation sites (tertiary alicyclic amines) is 1. The van der Waals surface area contributed by atoms with Crippen LogP contribution in [0.5, 0.6) is 23.0 Å². The summed E-state index contributed by atoms with van der Waals surface area (Å²) in [7, 11) is 0. The Kier molecular flexibility index (Phi) is 4.68. The quantitative estimate of drug-likeness (QED) is 0.358. The minimum absolute atomic E-state index is 0.0580. The molecule has 1 amide bonds. The van der Waals surface area contributed by atoms with Crippen molar-refractivity contribution in [2.24, 2.45) is 0 Å². The molecule has 1 fully saturated rings. The van der Waals surface area contributed by atoms with Crippen molar-refractivity contribution in [3.05, 3.63) is 77.3 Å². The first kappa shape index (κ1) is 20.2. The lowest BCUT2D eigenvalue weighted by Crippen LogP contribution is -2.29. The fourth-order valence-electron chi connectivity index (χ4n) is 4.37. The van der Waals surface area contributed by atoms with E-state index < -0.39 is 17.7 Å². The van der Waals surface area contributed by atoms with Crippen LogP contribution in [0.3, 0.4) is 0 Å². The second-order valence-electron chi connectivity index (χ2n) is 7.99. The summed E-state index contributed by atoms with van der Waals surface area (Å²) in [4.78, 5) is 27.6. The van der Waals surface area contributed by atoms with E-state index in [0.717, 1.165) is 5.56 Å². The molecule has 9 heteroatoms. The molecule has 1 aromatic heterocycles. The first-order valence-electron chi connectivity index (χ1n) is 10.7. The maximum atomic E-state index is 13.2. The molecule has 3 aliphatic rings. The Morgan fingerprint density at radius 3 is 2.47 bits per heavy atom. The van der Waals surface area contributed by atoms with Gasteiger partial charge in [0.25, 0.3) is 11.7 Å². The van der Waals surface area contributed by atoms with Gasteiger partial charge >= 0.3 is 0 Å². The van der Waals surface area contributed by atoms with E-state index in [0.29, 0.717) is 47.5 Å². The third kappa shape index (κ3) is 3.24. The number of hydrogen-bond acceptors (Lipinski definition) is 8. The molecule has 1 atom stereocenters. The average molecular weight is 461 g/mol. The Balaban J connectivity index is 1.42. The van der Waals surface area contributed by atoms with Crippen LogP contribution in [0.1, 0.15) is 22.9 Å². The first-order chi connectivity index (χ1) is 16.6. The molecule has 0 saturated carbocycles. The first-order valence-corrected chi connectivity index (χ1v) is 10.7. The summed E-state index contributed by atoms with van der Waals surface area (Å²) in [6.07, 6.45) is 1.46. The number of ether oxygens (including phenoxy) is 4. The summed E-state index contributed by atoms with van der Waals surface area (Å²) >= 11 is 0. The van der Waals surface area contributed by atoms with Crippen LogP contribution in [-0.2, 0) is 16.1 Å². The number of hydrogen-bond donors (Lipinski definition) is 1. The maximum Gasteiger partial charge on any atom is 0.296 e. The molecule has 1 saturated heterocycles. The van der Waals surface area contributed by atoms with Gasteiger partial charge in [0, 0.05) is 12.1 Å². The Hall–Kier alpha value is -4.40. The van der Waals surface area contributed by atoms with Gasteiger partial charge in [-0.25, -0.2) is 0 Å². The van der Waals surface area contributed by atoms with Crippen LogP contribution in [-0.4, -0.2) is 41.7 Å². The topological polar surface area (TPSA) is 108 Å². The van der Waals surface area contributed by atoms with Crippen molar-refractivity contribution in [1.82, 2.24) is 4.90 Å². The maximum absolute atomic E-state index is 13.2. The standard InChI is InChI=1S/C25H19NO8/c27-23(15-4-6-16-20(11-15)32-9-8-31-16)21-22(18-2-1-7-30-18)26(25(29)24(21)28)12-14-3-5-17-19(10-14)34-13-33-17/h1-7,10-11,22,27H,8-9,12-13H2/b23-21-. The third-order valence-corrected chi connectivity index (χ3v) is 5.96. The zero-order valence-corrected chi connectivity index (χ0v) is 17.9. The molecule has 6 rings (SSSR count). The number of fused-ring (bicyclic) bond motifs is 2. The summed E-state index contributed by atoms with van der Waals surface area (Å²) in [5.41, 5.74) is 1.02. The van der Waals surface area contributed by atoms with Gasteiger partial charge in [-0.15, -0.1) is 0 Å². The minimum Gasteiger partial charge on any atom is -0.507 e. The van der Waals surface area contributed by atoms with E-state index in [1.165, 1.54) is 11.2 Å². The number of carbonyl (C=O) groups is 2. The number of Topliss-reactive ketones (excluding diaryl/α,β-unsaturated/α-hetero) is 1. The zero-order valence-electron chi connectivity index (χ0n) is 17.9. The van der Waals surface area contributed by atoms with Gasteiger partial charge in [-0.3, -0.25) is 9.59 Å². The summed E-state index contributed by atoms with van der Waals surface area (Å²) in [6.45, 7) is 1.04. The number of carbonyl (C=O) groups excluding carboxylic acids is 2. The van der Waals surface area contributed by atoms with E-state index >= 15 is 0 Å². The van der Waals surface area contributed by atoms with E-state index in [1.54, 1.807) is 48.5 Å². The molecule has 4 heterocycles. The fourth-order valence-corrected chi connectivity index (χ4v) is 4.37.